The van der Waals surface area contributed by atoms with Crippen molar-refractivity contribution < 1.29 is 9.13 Å². The summed E-state index contributed by atoms with van der Waals surface area (Å²) in [4.78, 5) is 3.60. The second kappa shape index (κ2) is 5.70. The summed E-state index contributed by atoms with van der Waals surface area (Å²) in [5.74, 6) is 0.293. The molecule has 0 aliphatic rings. The van der Waals surface area contributed by atoms with Crippen LogP contribution in [0.15, 0.2) is 48.8 Å². The van der Waals surface area contributed by atoms with Crippen molar-refractivity contribution in [3.8, 4) is 22.7 Å². The molecule has 0 unspecified atom stereocenters. The lowest BCUT2D eigenvalue weighted by Gasteiger charge is -2.02. The van der Waals surface area contributed by atoms with E-state index in [0.717, 1.165) is 17.0 Å². The van der Waals surface area contributed by atoms with Gasteiger partial charge in [0.25, 0.3) is 0 Å². The molecule has 3 aromatic rings. The maximum absolute atomic E-state index is 12.8. The van der Waals surface area contributed by atoms with Crippen LogP contribution in [-0.2, 0) is 0 Å². The van der Waals surface area contributed by atoms with Gasteiger partial charge in [-0.1, -0.05) is 5.21 Å². The van der Waals surface area contributed by atoms with E-state index < -0.39 is 5.95 Å². The Hall–Kier alpha value is -2.76. The molecule has 2 aromatic heterocycles. The molecule has 6 heteroatoms. The Bertz CT molecular complexity index is 722. The Balaban J connectivity index is 1.85. The average molecular weight is 284 g/mol. The minimum absolute atomic E-state index is 0.523. The van der Waals surface area contributed by atoms with Gasteiger partial charge in [-0.15, -0.1) is 5.10 Å². The van der Waals surface area contributed by atoms with Crippen molar-refractivity contribution in [3.05, 3.63) is 54.7 Å². The fourth-order valence-electron chi connectivity index (χ4n) is 1.91. The fraction of sp³-hybridized carbons (Fsp3) is 0.133. The zero-order valence-electron chi connectivity index (χ0n) is 11.4. The average Bonchev–Trinajstić information content (AvgIpc) is 2.99. The second-order valence-corrected chi connectivity index (χ2v) is 4.34. The topological polar surface area (TPSA) is 52.8 Å². The summed E-state index contributed by atoms with van der Waals surface area (Å²) >= 11 is 0. The van der Waals surface area contributed by atoms with E-state index in [9.17, 15) is 4.39 Å². The Morgan fingerprint density at radius 1 is 1.14 bits per heavy atom. The molecule has 3 rings (SSSR count). The minimum Gasteiger partial charge on any atom is -0.494 e. The number of pyridine rings is 1. The number of hydrogen-bond acceptors (Lipinski definition) is 4. The highest BCUT2D eigenvalue weighted by Crippen LogP contribution is 2.21. The van der Waals surface area contributed by atoms with Gasteiger partial charge in [-0.05, 0) is 43.3 Å². The molecule has 0 fully saturated rings. The van der Waals surface area contributed by atoms with E-state index >= 15 is 0 Å². The Morgan fingerprint density at radius 2 is 1.95 bits per heavy atom. The lowest BCUT2D eigenvalue weighted by atomic mass is 10.1. The van der Waals surface area contributed by atoms with Crippen molar-refractivity contribution in [1.82, 2.24) is 20.0 Å². The van der Waals surface area contributed by atoms with Crippen LogP contribution in [0.1, 0.15) is 6.92 Å². The monoisotopic (exact) mass is 284 g/mol. The molecule has 21 heavy (non-hydrogen) atoms. The molecule has 1 aromatic carbocycles. The van der Waals surface area contributed by atoms with Gasteiger partial charge in [0.15, 0.2) is 0 Å². The summed E-state index contributed by atoms with van der Waals surface area (Å²) in [5, 5.41) is 8.14. The molecule has 0 aliphatic heterocycles. The number of aromatic nitrogens is 4. The van der Waals surface area contributed by atoms with Crippen molar-refractivity contribution in [2.45, 2.75) is 6.92 Å². The van der Waals surface area contributed by atoms with Crippen LogP contribution >= 0.6 is 0 Å². The minimum atomic E-state index is -0.523. The first-order valence-corrected chi connectivity index (χ1v) is 6.54. The van der Waals surface area contributed by atoms with E-state index in [1.165, 1.54) is 12.3 Å². The third kappa shape index (κ3) is 2.89. The first kappa shape index (κ1) is 13.2. The van der Waals surface area contributed by atoms with Crippen LogP contribution in [-0.4, -0.2) is 26.6 Å². The summed E-state index contributed by atoms with van der Waals surface area (Å²) in [5.41, 5.74) is 2.31. The SMILES string of the molecule is CCOc1ccc(-c2cn(-c3ccc(F)nc3)nn2)cc1. The molecule has 0 N–H and O–H groups in total. The number of nitrogens with zero attached hydrogens (tertiary/aromatic N) is 4. The largest absolute Gasteiger partial charge is 0.494 e. The lowest BCUT2D eigenvalue weighted by molar-refractivity contribution is 0.340. The fourth-order valence-corrected chi connectivity index (χ4v) is 1.91. The Morgan fingerprint density at radius 3 is 2.62 bits per heavy atom. The summed E-state index contributed by atoms with van der Waals surface area (Å²) < 4.78 is 19.8. The molecule has 0 amide bonds. The van der Waals surface area contributed by atoms with Gasteiger partial charge >= 0.3 is 0 Å². The number of hydrogen-bond donors (Lipinski definition) is 0. The Kier molecular flexibility index (Phi) is 3.59. The van der Waals surface area contributed by atoms with E-state index in [1.807, 2.05) is 31.2 Å². The summed E-state index contributed by atoms with van der Waals surface area (Å²) in [6.45, 7) is 2.57. The first-order chi connectivity index (χ1) is 10.3. The van der Waals surface area contributed by atoms with Gasteiger partial charge in [-0.25, -0.2) is 9.67 Å². The maximum Gasteiger partial charge on any atom is 0.212 e. The van der Waals surface area contributed by atoms with Crippen molar-refractivity contribution >= 4 is 0 Å². The zero-order chi connectivity index (χ0) is 14.7. The molecular weight excluding hydrogens is 271 g/mol. The molecule has 0 saturated heterocycles. The van der Waals surface area contributed by atoms with Gasteiger partial charge in [-0.3, -0.25) is 0 Å². The molecule has 0 bridgehead atoms. The van der Waals surface area contributed by atoms with Crippen LogP contribution in [0.5, 0.6) is 5.75 Å². The Labute approximate surface area is 121 Å². The van der Waals surface area contributed by atoms with Gasteiger partial charge in [0.2, 0.25) is 5.95 Å². The third-order valence-electron chi connectivity index (χ3n) is 2.93. The summed E-state index contributed by atoms with van der Waals surface area (Å²) in [6, 6.07) is 10.5. The van der Waals surface area contributed by atoms with Crippen molar-refractivity contribution in [2.24, 2.45) is 0 Å². The van der Waals surface area contributed by atoms with Crippen LogP contribution in [0, 0.1) is 5.95 Å². The van der Waals surface area contributed by atoms with E-state index in [0.29, 0.717) is 12.3 Å². The number of halogens is 1. The number of rotatable bonds is 4. The molecule has 0 spiro atoms. The van der Waals surface area contributed by atoms with Crippen LogP contribution in [0.3, 0.4) is 0 Å². The summed E-state index contributed by atoms with van der Waals surface area (Å²) in [7, 11) is 0. The van der Waals surface area contributed by atoms with Gasteiger partial charge < -0.3 is 4.74 Å². The quantitative estimate of drug-likeness (QED) is 0.691. The predicted octanol–water partition coefficient (Wildman–Crippen LogP) is 2.87. The first-order valence-electron chi connectivity index (χ1n) is 6.54. The zero-order valence-corrected chi connectivity index (χ0v) is 11.4. The van der Waals surface area contributed by atoms with E-state index in [4.69, 9.17) is 4.74 Å². The molecule has 106 valence electrons. The van der Waals surface area contributed by atoms with Gasteiger partial charge in [0.05, 0.1) is 24.7 Å². The highest BCUT2D eigenvalue weighted by atomic mass is 19.1. The molecule has 0 radical (unpaired) electrons. The molecule has 0 aliphatic carbocycles. The maximum atomic E-state index is 12.8. The van der Waals surface area contributed by atoms with Crippen molar-refractivity contribution in [3.63, 3.8) is 0 Å². The molecule has 0 saturated carbocycles. The van der Waals surface area contributed by atoms with Crippen molar-refractivity contribution in [1.29, 1.82) is 0 Å². The molecule has 0 atom stereocenters. The standard InChI is InChI=1S/C15H13FN4O/c1-2-21-13-6-3-11(4-7-13)14-10-20(19-18-14)12-5-8-15(16)17-9-12/h3-10H,2H2,1H3. The van der Waals surface area contributed by atoms with E-state index in [2.05, 4.69) is 15.3 Å². The van der Waals surface area contributed by atoms with Crippen LogP contribution < -0.4 is 4.74 Å². The van der Waals surface area contributed by atoms with Crippen LogP contribution in [0.25, 0.3) is 16.9 Å². The number of benzene rings is 1. The van der Waals surface area contributed by atoms with Crippen LogP contribution in [0.2, 0.25) is 0 Å². The normalized spacial score (nSPS) is 10.6. The highest BCUT2D eigenvalue weighted by Gasteiger charge is 2.06. The third-order valence-corrected chi connectivity index (χ3v) is 2.93. The molecule has 2 heterocycles. The second-order valence-electron chi connectivity index (χ2n) is 4.34. The van der Waals surface area contributed by atoms with Gasteiger partial charge in [0, 0.05) is 5.56 Å². The smallest absolute Gasteiger partial charge is 0.212 e. The highest BCUT2D eigenvalue weighted by molar-refractivity contribution is 5.59. The van der Waals surface area contributed by atoms with E-state index in [-0.39, 0.29) is 0 Å². The van der Waals surface area contributed by atoms with E-state index in [1.54, 1.807) is 16.9 Å². The lowest BCUT2D eigenvalue weighted by Crippen LogP contribution is -1.96. The predicted molar refractivity (Wildman–Crippen MR) is 75.7 cm³/mol. The summed E-state index contributed by atoms with van der Waals surface area (Å²) in [6.07, 6.45) is 3.18. The van der Waals surface area contributed by atoms with Crippen LogP contribution in [0.4, 0.5) is 4.39 Å². The van der Waals surface area contributed by atoms with Crippen molar-refractivity contribution in [2.75, 3.05) is 6.61 Å². The molecular formula is C15H13FN4O. The van der Waals surface area contributed by atoms with Gasteiger partial charge in [-0.2, -0.15) is 4.39 Å². The number of ether oxygens (including phenoxy) is 1. The van der Waals surface area contributed by atoms with Gasteiger partial charge in [0.1, 0.15) is 11.4 Å². The molecule has 5 nitrogen and oxygen atoms in total.